The molecule has 39 heavy (non-hydrogen) atoms. The van der Waals surface area contributed by atoms with Gasteiger partial charge in [-0.25, -0.2) is 14.2 Å². The van der Waals surface area contributed by atoms with Gasteiger partial charge in [-0.1, -0.05) is 17.7 Å². The Morgan fingerprint density at radius 2 is 1.97 bits per heavy atom. The van der Waals surface area contributed by atoms with Crippen molar-refractivity contribution < 1.29 is 23.5 Å². The number of halogens is 2. The van der Waals surface area contributed by atoms with Crippen molar-refractivity contribution >= 4 is 40.9 Å². The Balaban J connectivity index is 1.13. The van der Waals surface area contributed by atoms with Crippen LogP contribution in [0.4, 0.5) is 26.5 Å². The molecule has 3 aliphatic heterocycles. The van der Waals surface area contributed by atoms with Gasteiger partial charge in [-0.05, 0) is 29.8 Å². The summed E-state index contributed by atoms with van der Waals surface area (Å²) >= 11 is 6.04. The Kier molecular flexibility index (Phi) is 6.65. The van der Waals surface area contributed by atoms with Gasteiger partial charge in [0.25, 0.3) is 5.91 Å². The topological polar surface area (TPSA) is 122 Å². The minimum atomic E-state index is -1.24. The summed E-state index contributed by atoms with van der Waals surface area (Å²) in [5.74, 6) is 0.329. The van der Waals surface area contributed by atoms with E-state index < -0.39 is 17.5 Å². The van der Waals surface area contributed by atoms with Gasteiger partial charge >= 0.3 is 6.09 Å². The predicted octanol–water partition coefficient (Wildman–Crippen LogP) is 3.10. The Bertz CT molecular complexity index is 1420. The van der Waals surface area contributed by atoms with Crippen LogP contribution < -0.4 is 20.4 Å². The molecule has 0 unspecified atom stereocenters. The molecule has 3 aromatic rings. The van der Waals surface area contributed by atoms with Gasteiger partial charge in [-0.2, -0.15) is 5.10 Å². The largest absolute Gasteiger partial charge is 0.436 e. The zero-order valence-corrected chi connectivity index (χ0v) is 21.6. The summed E-state index contributed by atoms with van der Waals surface area (Å²) in [4.78, 5) is 33.6. The number of hydrogen-bond acceptors (Lipinski definition) is 9. The number of hydrogen-bond donors (Lipinski definition) is 2. The number of anilines is 3. The predicted molar refractivity (Wildman–Crippen MR) is 140 cm³/mol. The van der Waals surface area contributed by atoms with Gasteiger partial charge in [0.15, 0.2) is 17.2 Å². The molecule has 202 valence electrons. The summed E-state index contributed by atoms with van der Waals surface area (Å²) in [5, 5.41) is 13.5. The molecule has 0 bridgehead atoms. The van der Waals surface area contributed by atoms with Gasteiger partial charge in [0, 0.05) is 38.8 Å². The minimum Gasteiger partial charge on any atom is -0.436 e. The summed E-state index contributed by atoms with van der Waals surface area (Å²) in [5.41, 5.74) is 0.452. The Labute approximate surface area is 228 Å². The normalized spacial score (nSPS) is 20.4. The fourth-order valence-corrected chi connectivity index (χ4v) is 5.31. The monoisotopic (exact) mass is 553 g/mol. The van der Waals surface area contributed by atoms with E-state index in [9.17, 15) is 9.59 Å². The number of aromatic nitrogens is 3. The highest BCUT2D eigenvalue weighted by Crippen LogP contribution is 2.46. The molecule has 2 saturated heterocycles. The number of rotatable bonds is 5. The van der Waals surface area contributed by atoms with Crippen molar-refractivity contribution in [1.29, 1.82) is 0 Å². The summed E-state index contributed by atoms with van der Waals surface area (Å²) in [6, 6.07) is 8.43. The van der Waals surface area contributed by atoms with E-state index in [1.54, 1.807) is 23.2 Å². The maximum atomic E-state index is 15.1. The zero-order chi connectivity index (χ0) is 27.0. The van der Waals surface area contributed by atoms with Crippen LogP contribution in [0.1, 0.15) is 27.9 Å². The third kappa shape index (κ3) is 4.92. The van der Waals surface area contributed by atoms with Gasteiger partial charge in [-0.15, -0.1) is 5.10 Å². The third-order valence-electron chi connectivity index (χ3n) is 7.13. The van der Waals surface area contributed by atoms with E-state index in [2.05, 4.69) is 30.7 Å². The number of carbonyl (C=O) groups is 2. The number of fused-ring (bicyclic) bond motifs is 2. The van der Waals surface area contributed by atoms with Crippen molar-refractivity contribution in [3.05, 3.63) is 70.3 Å². The van der Waals surface area contributed by atoms with Crippen molar-refractivity contribution in [2.45, 2.75) is 18.6 Å². The van der Waals surface area contributed by atoms with Crippen LogP contribution >= 0.6 is 11.6 Å². The lowest BCUT2D eigenvalue weighted by Gasteiger charge is -2.35. The molecule has 1 spiro atoms. The molecule has 1 atom stereocenters. The van der Waals surface area contributed by atoms with Crippen LogP contribution in [0.3, 0.4) is 0 Å². The van der Waals surface area contributed by atoms with Gasteiger partial charge in [0.05, 0.1) is 47.8 Å². The molecule has 2 fully saturated rings. The van der Waals surface area contributed by atoms with E-state index in [0.717, 1.165) is 24.5 Å². The molecule has 2 N–H and O–H groups in total. The van der Waals surface area contributed by atoms with Crippen LogP contribution in [0.15, 0.2) is 42.7 Å². The molecule has 0 aliphatic carbocycles. The Morgan fingerprint density at radius 1 is 1.13 bits per heavy atom. The third-order valence-corrected chi connectivity index (χ3v) is 7.42. The molecule has 0 radical (unpaired) electrons. The summed E-state index contributed by atoms with van der Waals surface area (Å²) in [7, 11) is 0. The molecule has 3 aliphatic rings. The SMILES string of the molecule is O=C1Nc2ccc(Cl)c(F)c2[C@]2(CCN(c3cc(C(=O)NCc4ccc(N5CCOCC5)nc4)cnn3)C2)O1. The van der Waals surface area contributed by atoms with E-state index in [-0.39, 0.29) is 23.0 Å². The molecular formula is C26H25ClFN7O4. The van der Waals surface area contributed by atoms with Crippen molar-refractivity contribution in [3.8, 4) is 0 Å². The van der Waals surface area contributed by atoms with E-state index >= 15 is 4.39 Å². The highest BCUT2D eigenvalue weighted by molar-refractivity contribution is 6.31. The maximum Gasteiger partial charge on any atom is 0.412 e. The van der Waals surface area contributed by atoms with Crippen LogP contribution in [0.25, 0.3) is 0 Å². The second-order valence-corrected chi connectivity index (χ2v) is 9.98. The molecule has 5 heterocycles. The fraction of sp³-hybridized carbons (Fsp3) is 0.346. The smallest absolute Gasteiger partial charge is 0.412 e. The van der Waals surface area contributed by atoms with Crippen molar-refractivity contribution in [2.24, 2.45) is 0 Å². The highest BCUT2D eigenvalue weighted by Gasteiger charge is 2.50. The van der Waals surface area contributed by atoms with Gasteiger partial charge < -0.3 is 24.6 Å². The Hall–Kier alpha value is -4.03. The number of nitrogens with one attached hydrogen (secondary N) is 2. The number of amides is 2. The first kappa shape index (κ1) is 25.3. The molecule has 1 aromatic carbocycles. The van der Waals surface area contributed by atoms with E-state index in [0.29, 0.717) is 49.8 Å². The van der Waals surface area contributed by atoms with Crippen LogP contribution in [0, 0.1) is 5.82 Å². The van der Waals surface area contributed by atoms with Crippen LogP contribution in [-0.4, -0.2) is 66.6 Å². The van der Waals surface area contributed by atoms with E-state index in [1.165, 1.54) is 12.3 Å². The molecule has 0 saturated carbocycles. The van der Waals surface area contributed by atoms with Crippen molar-refractivity contribution in [1.82, 2.24) is 20.5 Å². The molecule has 6 rings (SSSR count). The van der Waals surface area contributed by atoms with Gasteiger partial charge in [0.1, 0.15) is 5.82 Å². The van der Waals surface area contributed by atoms with Crippen LogP contribution in [0.2, 0.25) is 5.02 Å². The van der Waals surface area contributed by atoms with Gasteiger partial charge in [-0.3, -0.25) is 10.1 Å². The van der Waals surface area contributed by atoms with E-state index in [1.807, 2.05) is 12.1 Å². The van der Waals surface area contributed by atoms with Crippen molar-refractivity contribution in [2.75, 3.05) is 54.5 Å². The molecule has 2 aromatic heterocycles. The maximum absolute atomic E-state index is 15.1. The number of benzene rings is 1. The van der Waals surface area contributed by atoms with Crippen LogP contribution in [0.5, 0.6) is 0 Å². The lowest BCUT2D eigenvalue weighted by Crippen LogP contribution is -2.42. The first-order chi connectivity index (χ1) is 18.9. The fourth-order valence-electron chi connectivity index (χ4n) is 5.15. The summed E-state index contributed by atoms with van der Waals surface area (Å²) in [6.07, 6.45) is 2.77. The Morgan fingerprint density at radius 3 is 2.77 bits per heavy atom. The van der Waals surface area contributed by atoms with Gasteiger partial charge in [0.2, 0.25) is 0 Å². The second kappa shape index (κ2) is 10.3. The second-order valence-electron chi connectivity index (χ2n) is 9.57. The average Bonchev–Trinajstić information content (AvgIpc) is 3.38. The highest BCUT2D eigenvalue weighted by atomic mass is 35.5. The summed E-state index contributed by atoms with van der Waals surface area (Å²) < 4.78 is 26.1. The number of pyridine rings is 1. The first-order valence-electron chi connectivity index (χ1n) is 12.5. The molecule has 13 heteroatoms. The van der Waals surface area contributed by atoms with Crippen LogP contribution in [-0.2, 0) is 21.6 Å². The number of morpholine rings is 1. The lowest BCUT2D eigenvalue weighted by atomic mass is 9.89. The van der Waals surface area contributed by atoms with E-state index in [4.69, 9.17) is 21.1 Å². The minimum absolute atomic E-state index is 0.0595. The number of carbonyl (C=O) groups excluding carboxylic acids is 2. The molecule has 11 nitrogen and oxygen atoms in total. The van der Waals surface area contributed by atoms with Crippen molar-refractivity contribution in [3.63, 3.8) is 0 Å². The lowest BCUT2D eigenvalue weighted by molar-refractivity contribution is 0.0263. The standard InChI is InChI=1S/C26H25ClFN7O4/c27-18-2-3-19-22(23(18)28)26(39-25(37)32-19)5-6-35(15-26)21-11-17(14-31-33-21)24(36)30-13-16-1-4-20(29-12-16)34-7-9-38-10-8-34/h1-4,11-12,14H,5-10,13,15H2,(H,30,36)(H,32,37)/t26-/m1/s1. The molecule has 2 amide bonds. The quantitative estimate of drug-likeness (QED) is 0.491. The first-order valence-corrected chi connectivity index (χ1v) is 12.9. The number of ether oxygens (including phenoxy) is 2. The molecular weight excluding hydrogens is 529 g/mol. The zero-order valence-electron chi connectivity index (χ0n) is 20.8. The average molecular weight is 554 g/mol. The summed E-state index contributed by atoms with van der Waals surface area (Å²) in [6.45, 7) is 3.78. The number of nitrogens with zero attached hydrogens (tertiary/aromatic N) is 5.